The van der Waals surface area contributed by atoms with Crippen LogP contribution in [0.3, 0.4) is 0 Å². The molecule has 146 valence electrons. The van der Waals surface area contributed by atoms with Crippen LogP contribution in [0.2, 0.25) is 5.02 Å². The second kappa shape index (κ2) is 9.51. The fourth-order valence-corrected chi connectivity index (χ4v) is 3.66. The summed E-state index contributed by atoms with van der Waals surface area (Å²) in [5.41, 5.74) is 0.814. The molecule has 1 aliphatic rings. The van der Waals surface area contributed by atoms with Crippen molar-refractivity contribution in [3.8, 4) is 0 Å². The Hall–Kier alpha value is -2.66. The zero-order chi connectivity index (χ0) is 19.9. The zero-order valence-electron chi connectivity index (χ0n) is 15.3. The van der Waals surface area contributed by atoms with Crippen molar-refractivity contribution in [2.75, 3.05) is 0 Å². The predicted octanol–water partition coefficient (Wildman–Crippen LogP) is 4.35. The highest BCUT2D eigenvalue weighted by Crippen LogP contribution is 2.22. The zero-order valence-corrected chi connectivity index (χ0v) is 16.1. The van der Waals surface area contributed by atoms with E-state index in [-0.39, 0.29) is 28.6 Å². The molecule has 1 aliphatic carbocycles. The lowest BCUT2D eigenvalue weighted by molar-refractivity contribution is -0.117. The van der Waals surface area contributed by atoms with E-state index in [1.807, 2.05) is 30.3 Å². The van der Waals surface area contributed by atoms with Crippen molar-refractivity contribution in [2.24, 2.45) is 0 Å². The Morgan fingerprint density at radius 2 is 1.71 bits per heavy atom. The van der Waals surface area contributed by atoms with Crippen LogP contribution in [0.5, 0.6) is 0 Å². The van der Waals surface area contributed by atoms with Crippen LogP contribution in [-0.4, -0.2) is 23.9 Å². The third-order valence-corrected chi connectivity index (χ3v) is 5.09. The average Bonchev–Trinajstić information content (AvgIpc) is 2.67. The van der Waals surface area contributed by atoms with Gasteiger partial charge in [0.1, 0.15) is 5.82 Å². The molecule has 0 heterocycles. The molecule has 0 aromatic heterocycles. The largest absolute Gasteiger partial charge is 0.350 e. The van der Waals surface area contributed by atoms with Crippen molar-refractivity contribution in [3.63, 3.8) is 0 Å². The number of hydrogen-bond donors (Lipinski definition) is 2. The van der Waals surface area contributed by atoms with Crippen molar-refractivity contribution < 1.29 is 14.0 Å². The summed E-state index contributed by atoms with van der Waals surface area (Å²) in [6.45, 7) is 0. The number of carbonyl (C=O) groups excluding carboxylic acids is 2. The van der Waals surface area contributed by atoms with Gasteiger partial charge in [0.05, 0.1) is 10.6 Å². The maximum absolute atomic E-state index is 13.9. The molecule has 1 fully saturated rings. The van der Waals surface area contributed by atoms with Crippen LogP contribution < -0.4 is 10.6 Å². The first kappa shape index (κ1) is 20.1. The maximum Gasteiger partial charge on any atom is 0.255 e. The third-order valence-electron chi connectivity index (χ3n) is 4.77. The summed E-state index contributed by atoms with van der Waals surface area (Å²) < 4.78 is 13.9. The van der Waals surface area contributed by atoms with Crippen molar-refractivity contribution in [1.29, 1.82) is 0 Å². The molecule has 28 heavy (non-hydrogen) atoms. The Balaban J connectivity index is 1.54. The Bertz CT molecular complexity index is 850. The lowest BCUT2D eigenvalue weighted by Gasteiger charge is -2.30. The van der Waals surface area contributed by atoms with E-state index in [1.54, 1.807) is 6.08 Å². The van der Waals surface area contributed by atoms with E-state index in [2.05, 4.69) is 10.6 Å². The summed E-state index contributed by atoms with van der Waals surface area (Å²) in [5, 5.41) is 5.91. The fourth-order valence-electron chi connectivity index (χ4n) is 3.41. The van der Waals surface area contributed by atoms with Gasteiger partial charge in [-0.15, -0.1) is 0 Å². The molecule has 0 aliphatic heterocycles. The van der Waals surface area contributed by atoms with Gasteiger partial charge in [0.2, 0.25) is 5.91 Å². The molecule has 0 bridgehead atoms. The highest BCUT2D eigenvalue weighted by molar-refractivity contribution is 6.33. The summed E-state index contributed by atoms with van der Waals surface area (Å²) in [6.07, 6.45) is 6.36. The van der Waals surface area contributed by atoms with Crippen LogP contribution in [0.4, 0.5) is 4.39 Å². The maximum atomic E-state index is 13.9. The number of carbonyl (C=O) groups is 2. The Labute approximate surface area is 168 Å². The van der Waals surface area contributed by atoms with Gasteiger partial charge in [-0.2, -0.15) is 0 Å². The van der Waals surface area contributed by atoms with Gasteiger partial charge in [0.15, 0.2) is 0 Å². The van der Waals surface area contributed by atoms with Gasteiger partial charge < -0.3 is 10.6 Å². The van der Waals surface area contributed by atoms with Crippen LogP contribution in [0.1, 0.15) is 41.6 Å². The minimum absolute atomic E-state index is 0.0388. The van der Waals surface area contributed by atoms with Gasteiger partial charge in [-0.05, 0) is 49.5 Å². The normalized spacial score (nSPS) is 19.4. The molecule has 2 aromatic carbocycles. The first-order valence-electron chi connectivity index (χ1n) is 9.31. The van der Waals surface area contributed by atoms with Crippen molar-refractivity contribution in [1.82, 2.24) is 10.6 Å². The smallest absolute Gasteiger partial charge is 0.255 e. The van der Waals surface area contributed by atoms with E-state index >= 15 is 0 Å². The molecule has 2 atom stereocenters. The number of benzene rings is 2. The molecule has 6 heteroatoms. The van der Waals surface area contributed by atoms with Crippen LogP contribution in [0.15, 0.2) is 54.6 Å². The molecular formula is C22H22ClFN2O2. The van der Waals surface area contributed by atoms with E-state index in [0.29, 0.717) is 6.42 Å². The quantitative estimate of drug-likeness (QED) is 0.733. The topological polar surface area (TPSA) is 58.2 Å². The molecule has 0 radical (unpaired) electrons. The lowest BCUT2D eigenvalue weighted by atomic mass is 9.90. The van der Waals surface area contributed by atoms with Crippen molar-refractivity contribution in [2.45, 2.75) is 37.8 Å². The molecule has 0 spiro atoms. The SMILES string of the molecule is O=C(/C=C/c1ccccc1)N[C@H]1CCC[C@@H](NC(=O)c2c(F)cccc2Cl)C1. The molecule has 2 aromatic rings. The fraction of sp³-hybridized carbons (Fsp3) is 0.273. The van der Waals surface area contributed by atoms with Crippen molar-refractivity contribution >= 4 is 29.5 Å². The van der Waals surface area contributed by atoms with E-state index in [4.69, 9.17) is 11.6 Å². The van der Waals surface area contributed by atoms with E-state index in [0.717, 1.165) is 24.8 Å². The highest BCUT2D eigenvalue weighted by atomic mass is 35.5. The minimum atomic E-state index is -0.642. The molecular weight excluding hydrogens is 379 g/mol. The summed E-state index contributed by atoms with van der Waals surface area (Å²) in [5.74, 6) is -1.33. The first-order chi connectivity index (χ1) is 13.5. The van der Waals surface area contributed by atoms with Gasteiger partial charge in [-0.1, -0.05) is 48.0 Å². The first-order valence-corrected chi connectivity index (χ1v) is 9.69. The van der Waals surface area contributed by atoms with Gasteiger partial charge >= 0.3 is 0 Å². The second-order valence-corrected chi connectivity index (χ2v) is 7.29. The van der Waals surface area contributed by atoms with Crippen LogP contribution >= 0.6 is 11.6 Å². The number of amides is 2. The minimum Gasteiger partial charge on any atom is -0.350 e. The molecule has 2 N–H and O–H groups in total. The van der Waals surface area contributed by atoms with Gasteiger partial charge in [0.25, 0.3) is 5.91 Å². The van der Waals surface area contributed by atoms with Crippen LogP contribution in [-0.2, 0) is 4.79 Å². The van der Waals surface area contributed by atoms with Gasteiger partial charge in [-0.3, -0.25) is 9.59 Å². The highest BCUT2D eigenvalue weighted by Gasteiger charge is 2.26. The molecule has 4 nitrogen and oxygen atoms in total. The van der Waals surface area contributed by atoms with E-state index in [1.165, 1.54) is 24.3 Å². The average molecular weight is 401 g/mol. The lowest BCUT2D eigenvalue weighted by Crippen LogP contribution is -2.45. The van der Waals surface area contributed by atoms with E-state index < -0.39 is 11.7 Å². The van der Waals surface area contributed by atoms with E-state index in [9.17, 15) is 14.0 Å². The third kappa shape index (κ3) is 5.42. The summed E-state index contributed by atoms with van der Waals surface area (Å²) in [6, 6.07) is 13.6. The Morgan fingerprint density at radius 3 is 2.43 bits per heavy atom. The molecule has 0 unspecified atom stereocenters. The Morgan fingerprint density at radius 1 is 1.00 bits per heavy atom. The molecule has 1 saturated carbocycles. The molecule has 0 saturated heterocycles. The number of hydrogen-bond acceptors (Lipinski definition) is 2. The number of nitrogens with one attached hydrogen (secondary N) is 2. The van der Waals surface area contributed by atoms with Crippen LogP contribution in [0.25, 0.3) is 6.08 Å². The standard InChI is InChI=1S/C22H22ClFN2O2/c23-18-10-5-11-19(24)21(18)22(28)26-17-9-4-8-16(14-17)25-20(27)13-12-15-6-2-1-3-7-15/h1-3,5-7,10-13,16-17H,4,8-9,14H2,(H,25,27)(H,26,28)/b13-12+/t16-,17+/m0/s1. The molecule has 2 amide bonds. The number of rotatable bonds is 5. The monoisotopic (exact) mass is 400 g/mol. The summed E-state index contributed by atoms with van der Waals surface area (Å²) >= 11 is 5.96. The van der Waals surface area contributed by atoms with Crippen molar-refractivity contribution in [3.05, 3.63) is 76.6 Å². The summed E-state index contributed by atoms with van der Waals surface area (Å²) in [4.78, 5) is 24.6. The van der Waals surface area contributed by atoms with Gasteiger partial charge in [0, 0.05) is 18.2 Å². The second-order valence-electron chi connectivity index (χ2n) is 6.88. The summed E-state index contributed by atoms with van der Waals surface area (Å²) in [7, 11) is 0. The Kier molecular flexibility index (Phi) is 6.82. The predicted molar refractivity (Wildman–Crippen MR) is 109 cm³/mol. The van der Waals surface area contributed by atoms with Gasteiger partial charge in [-0.25, -0.2) is 4.39 Å². The number of halogens is 2. The molecule has 3 rings (SSSR count). The van der Waals surface area contributed by atoms with Crippen LogP contribution in [0, 0.1) is 5.82 Å².